The second-order valence-electron chi connectivity index (χ2n) is 12.2. The number of rotatable bonds is 26. The molecular formula is C30H35FN8O22. The zero-order valence-electron chi connectivity index (χ0n) is 30.6. The van der Waals surface area contributed by atoms with Crippen LogP contribution in [0.2, 0.25) is 0 Å². The first-order chi connectivity index (χ1) is 28.2. The van der Waals surface area contributed by atoms with E-state index < -0.39 is 176 Å². The number of amides is 6. The Hall–Kier alpha value is -8.28. The van der Waals surface area contributed by atoms with E-state index in [0.717, 1.165) is 0 Å². The molecule has 14 N–H and O–H groups in total. The Kier molecular flexibility index (Phi) is 19.3. The Labute approximate surface area is 335 Å². The summed E-state index contributed by atoms with van der Waals surface area (Å²) < 4.78 is 13.9. The van der Waals surface area contributed by atoms with E-state index in [0.29, 0.717) is 10.8 Å². The number of carbonyl (C=O) groups is 13. The van der Waals surface area contributed by atoms with Crippen LogP contribution in [0.1, 0.15) is 38.5 Å². The van der Waals surface area contributed by atoms with Crippen molar-refractivity contribution in [2.45, 2.75) is 81.3 Å². The van der Waals surface area contributed by atoms with E-state index >= 15 is 0 Å². The molecule has 0 radical (unpaired) electrons. The fourth-order valence-electron chi connectivity index (χ4n) is 4.63. The number of carboxylic acid groups (broad SMARTS) is 7. The van der Waals surface area contributed by atoms with Crippen LogP contribution < -0.4 is 43.1 Å². The highest BCUT2D eigenvalue weighted by molar-refractivity contribution is 5.99. The summed E-state index contributed by atoms with van der Waals surface area (Å²) in [5, 5.41) is 75.0. The van der Waals surface area contributed by atoms with Crippen molar-refractivity contribution >= 4 is 77.2 Å². The third-order valence-electron chi connectivity index (χ3n) is 7.36. The minimum Gasteiger partial charge on any atom is -0.481 e. The molecule has 1 heterocycles. The number of H-pyrrole nitrogens is 1. The van der Waals surface area contributed by atoms with Crippen molar-refractivity contribution in [2.24, 2.45) is 0 Å². The minimum atomic E-state index is -2.38. The molecule has 1 aromatic heterocycles. The first kappa shape index (κ1) is 50.7. The van der Waals surface area contributed by atoms with Gasteiger partial charge in [-0.3, -0.25) is 67.1 Å². The number of nitrogens with zero attached hydrogens (tertiary/aromatic N) is 1. The Bertz CT molecular complexity index is 2080. The molecule has 0 aliphatic carbocycles. The lowest BCUT2D eigenvalue weighted by Gasteiger charge is -2.25. The maximum atomic E-state index is 13.6. The number of nitrogens with one attached hydrogen (secondary N) is 7. The van der Waals surface area contributed by atoms with E-state index in [1.54, 1.807) is 26.6 Å². The zero-order chi connectivity index (χ0) is 46.9. The molecule has 0 bridgehead atoms. The SMILES string of the molecule is O=C(O)CC(NC(=O)C(CC(=O)O)NC(=O)CC(NC(=O)C(CC(=O)O)NC(=O)C(CC(=O)O)NC(=O)C(CC(=O)O)NC(=O)Cn1cc(F)c(=O)[nH]c1=O)C(=O)O)C(=O)O. The van der Waals surface area contributed by atoms with Crippen molar-refractivity contribution in [1.82, 2.24) is 41.5 Å². The first-order valence-corrected chi connectivity index (χ1v) is 16.5. The molecule has 0 spiro atoms. The van der Waals surface area contributed by atoms with Gasteiger partial charge in [0.25, 0.3) is 5.56 Å². The highest BCUT2D eigenvalue weighted by atomic mass is 19.1. The molecule has 334 valence electrons. The summed E-state index contributed by atoms with van der Waals surface area (Å²) >= 11 is 0. The molecule has 0 saturated heterocycles. The van der Waals surface area contributed by atoms with Crippen molar-refractivity contribution in [1.29, 1.82) is 0 Å². The summed E-state index contributed by atoms with van der Waals surface area (Å²) in [6.07, 6.45) is -7.63. The molecule has 6 unspecified atom stereocenters. The number of aromatic amines is 1. The number of halogens is 1. The fraction of sp³-hybridized carbons (Fsp3) is 0.433. The van der Waals surface area contributed by atoms with Gasteiger partial charge in [-0.15, -0.1) is 0 Å². The number of carboxylic acids is 7. The third-order valence-corrected chi connectivity index (χ3v) is 7.36. The summed E-state index contributed by atoms with van der Waals surface area (Å²) in [7, 11) is 0. The molecule has 0 aliphatic rings. The van der Waals surface area contributed by atoms with E-state index in [4.69, 9.17) is 15.3 Å². The number of hydrogen-bond acceptors (Lipinski definition) is 15. The van der Waals surface area contributed by atoms with Gasteiger partial charge in [-0.2, -0.15) is 4.39 Å². The van der Waals surface area contributed by atoms with Crippen molar-refractivity contribution < 1.29 is 102 Å². The molecule has 0 saturated carbocycles. The monoisotopic (exact) mass is 878 g/mol. The normalized spacial score (nSPS) is 13.5. The van der Waals surface area contributed by atoms with Crippen molar-refractivity contribution in [2.75, 3.05) is 0 Å². The Morgan fingerprint density at radius 1 is 0.475 bits per heavy atom. The lowest BCUT2D eigenvalue weighted by atomic mass is 10.1. The summed E-state index contributed by atoms with van der Waals surface area (Å²) in [6, 6.07) is -13.5. The summed E-state index contributed by atoms with van der Waals surface area (Å²) in [5.41, 5.74) is -2.77. The van der Waals surface area contributed by atoms with Gasteiger partial charge in [0.05, 0.1) is 44.7 Å². The smallest absolute Gasteiger partial charge is 0.328 e. The van der Waals surface area contributed by atoms with E-state index in [2.05, 4.69) is 0 Å². The number of carbonyl (C=O) groups excluding carboxylic acids is 6. The van der Waals surface area contributed by atoms with Crippen LogP contribution in [0.3, 0.4) is 0 Å². The van der Waals surface area contributed by atoms with Crippen LogP contribution in [0, 0.1) is 5.82 Å². The lowest BCUT2D eigenvalue weighted by Crippen LogP contribution is -2.59. The number of hydrogen-bond donors (Lipinski definition) is 14. The zero-order valence-corrected chi connectivity index (χ0v) is 30.6. The Morgan fingerprint density at radius 2 is 0.770 bits per heavy atom. The van der Waals surface area contributed by atoms with E-state index in [1.807, 2.05) is 5.32 Å². The van der Waals surface area contributed by atoms with E-state index in [1.165, 1.54) is 4.98 Å². The highest BCUT2D eigenvalue weighted by Gasteiger charge is 2.36. The topological polar surface area (TPSA) is 491 Å². The first-order valence-electron chi connectivity index (χ1n) is 16.5. The van der Waals surface area contributed by atoms with Crippen LogP contribution in [0.25, 0.3) is 0 Å². The van der Waals surface area contributed by atoms with Gasteiger partial charge in [0, 0.05) is 0 Å². The minimum absolute atomic E-state index is 0.296. The molecule has 0 fully saturated rings. The Morgan fingerprint density at radius 3 is 1.11 bits per heavy atom. The van der Waals surface area contributed by atoms with Crippen LogP contribution in [-0.4, -0.2) is 159 Å². The maximum absolute atomic E-state index is 13.6. The van der Waals surface area contributed by atoms with Gasteiger partial charge in [-0.25, -0.2) is 14.4 Å². The maximum Gasteiger partial charge on any atom is 0.328 e. The standard InChI is InChI=1S/C30H35FN8O22/c31-9-7-39(30(61)38-23(9)52)8-17(41)33-11(3-19(44)45)24(53)34-12(4-20(46)47)26(55)35-13(5-21(48)49)27(56)36-14(28(57)58)1-16(40)32-10(2-18(42)43)25(54)37-15(29(59)60)6-22(50)51/h7,10-15H,1-6,8H2,(H,32,40)(H,33,41)(H,34,53)(H,35,55)(H,36,56)(H,37,54)(H,42,43)(H,44,45)(H,46,47)(H,48,49)(H,50,51)(H,57,58)(H,59,60)(H,38,52,61). The van der Waals surface area contributed by atoms with Gasteiger partial charge in [0.15, 0.2) is 0 Å². The predicted octanol–water partition coefficient (Wildman–Crippen LogP) is -7.48. The second-order valence-corrected chi connectivity index (χ2v) is 12.2. The average Bonchev–Trinajstić information content (AvgIpc) is 3.10. The predicted molar refractivity (Wildman–Crippen MR) is 184 cm³/mol. The molecule has 0 aromatic carbocycles. The van der Waals surface area contributed by atoms with Gasteiger partial charge in [-0.1, -0.05) is 0 Å². The van der Waals surface area contributed by atoms with Crippen LogP contribution in [-0.2, 0) is 68.9 Å². The molecule has 1 rings (SSSR count). The van der Waals surface area contributed by atoms with Crippen LogP contribution >= 0.6 is 0 Å². The van der Waals surface area contributed by atoms with Crippen LogP contribution in [0.15, 0.2) is 15.8 Å². The third kappa shape index (κ3) is 18.2. The second kappa shape index (κ2) is 23.2. The van der Waals surface area contributed by atoms with Crippen molar-refractivity contribution in [3.63, 3.8) is 0 Å². The molecule has 30 nitrogen and oxygen atoms in total. The van der Waals surface area contributed by atoms with Gasteiger partial charge in [-0.05, 0) is 0 Å². The van der Waals surface area contributed by atoms with Gasteiger partial charge in [0.2, 0.25) is 41.3 Å². The molecule has 6 atom stereocenters. The van der Waals surface area contributed by atoms with Crippen LogP contribution in [0.4, 0.5) is 4.39 Å². The van der Waals surface area contributed by atoms with Gasteiger partial charge >= 0.3 is 47.5 Å². The Balaban J connectivity index is 3.26. The van der Waals surface area contributed by atoms with Crippen LogP contribution in [0.5, 0.6) is 0 Å². The van der Waals surface area contributed by atoms with E-state index in [-0.39, 0.29) is 0 Å². The van der Waals surface area contributed by atoms with Crippen molar-refractivity contribution in [3.8, 4) is 0 Å². The largest absolute Gasteiger partial charge is 0.481 e. The average molecular weight is 879 g/mol. The number of aromatic nitrogens is 2. The molecule has 1 aromatic rings. The molecular weight excluding hydrogens is 843 g/mol. The summed E-state index contributed by atoms with van der Waals surface area (Å²) in [6.45, 7) is -1.12. The lowest BCUT2D eigenvalue weighted by molar-refractivity contribution is -0.148. The fourth-order valence-corrected chi connectivity index (χ4v) is 4.63. The summed E-state index contributed by atoms with van der Waals surface area (Å²) in [4.78, 5) is 182. The highest BCUT2D eigenvalue weighted by Crippen LogP contribution is 2.05. The molecule has 0 aliphatic heterocycles. The molecule has 31 heteroatoms. The van der Waals surface area contributed by atoms with Gasteiger partial charge < -0.3 is 67.6 Å². The number of aliphatic carboxylic acids is 7. The molecule has 6 amide bonds. The summed E-state index contributed by atoms with van der Waals surface area (Å²) in [5.74, 6) is -23.9. The quantitative estimate of drug-likeness (QED) is 0.0411. The molecule has 61 heavy (non-hydrogen) atoms. The van der Waals surface area contributed by atoms with E-state index in [9.17, 15) is 96.7 Å². The van der Waals surface area contributed by atoms with Gasteiger partial charge in [0.1, 0.15) is 42.8 Å². The van der Waals surface area contributed by atoms with Crippen molar-refractivity contribution in [3.05, 3.63) is 32.9 Å².